The van der Waals surface area contributed by atoms with Crippen LogP contribution in [0.3, 0.4) is 0 Å². The number of isocyanates is 1. The monoisotopic (exact) mass is 777 g/mol. The van der Waals surface area contributed by atoms with Gasteiger partial charge in [0.2, 0.25) is 12.4 Å². The first-order valence-corrected chi connectivity index (χ1v) is 14.0. The maximum Gasteiger partial charge on any atom is 0.413 e. The number of aliphatic imine (C=N–C) groups is 1. The number of rotatable bonds is 12. The predicted octanol–water partition coefficient (Wildman–Crippen LogP) is -4.76. The van der Waals surface area contributed by atoms with Gasteiger partial charge in [0.25, 0.3) is 6.33 Å². The van der Waals surface area contributed by atoms with Crippen LogP contribution in [0.25, 0.3) is 0 Å². The normalized spacial score (nSPS) is 8.53. The second-order valence-corrected chi connectivity index (χ2v) is 8.99. The lowest BCUT2D eigenvalue weighted by Crippen LogP contribution is -3.00. The Morgan fingerprint density at radius 2 is 1.31 bits per heavy atom. The second kappa shape index (κ2) is 33.0. The van der Waals surface area contributed by atoms with Gasteiger partial charge in [-0.25, -0.2) is 43.7 Å². The molecule has 3 rings (SSSR count). The highest BCUT2D eigenvalue weighted by atomic mass is 35.5. The van der Waals surface area contributed by atoms with Crippen LogP contribution in [0, 0.1) is 0 Å². The average Bonchev–Trinajstić information content (AvgIpc) is 3.89. The highest BCUT2D eigenvalue weighted by Gasteiger charge is 2.09. The molecule has 0 radical (unpaired) electrons. The number of H-pyrrole nitrogens is 3. The molecule has 3 aromatic heterocycles. The third-order valence-corrected chi connectivity index (χ3v) is 4.73. The molecule has 18 nitrogen and oxygen atoms in total. The summed E-state index contributed by atoms with van der Waals surface area (Å²) in [6, 6.07) is -0.600. The van der Waals surface area contributed by atoms with E-state index in [0.717, 1.165) is 0 Å². The van der Waals surface area contributed by atoms with Crippen LogP contribution in [0.15, 0.2) is 97.6 Å². The van der Waals surface area contributed by atoms with E-state index < -0.39 is 17.9 Å². The van der Waals surface area contributed by atoms with Crippen LogP contribution in [0.5, 0.6) is 0 Å². The molecule has 21 heteroatoms. The molecule has 0 aromatic carbocycles. The number of nitrogens with zero attached hydrogens (tertiary/aromatic N) is 4. The van der Waals surface area contributed by atoms with Crippen LogP contribution in [0.2, 0.25) is 0 Å². The number of aromatic nitrogens is 6. The largest absolute Gasteiger partial charge is 1.00 e. The zero-order chi connectivity index (χ0) is 36.2. The van der Waals surface area contributed by atoms with Crippen molar-refractivity contribution >= 4 is 48.5 Å². The lowest BCUT2D eigenvalue weighted by atomic mass is 10.4. The Labute approximate surface area is 313 Å². The number of ether oxygens (including phenoxy) is 3. The van der Waals surface area contributed by atoms with Crippen LogP contribution in [-0.4, -0.2) is 94.6 Å². The van der Waals surface area contributed by atoms with E-state index in [0.29, 0.717) is 16.7 Å². The molecule has 51 heavy (non-hydrogen) atoms. The molecule has 0 unspecified atom stereocenters. The number of nitrogens with one attached hydrogen (secondary N) is 5. The Morgan fingerprint density at radius 1 is 0.804 bits per heavy atom. The molecular weight excluding hydrogens is 737 g/mol. The Morgan fingerprint density at radius 3 is 1.67 bits per heavy atom. The van der Waals surface area contributed by atoms with Gasteiger partial charge in [0.05, 0.1) is 19.6 Å². The molecule has 3 aromatic rings. The van der Waals surface area contributed by atoms with Crippen molar-refractivity contribution in [3.63, 3.8) is 0 Å². The number of amides is 2. The van der Waals surface area contributed by atoms with Gasteiger partial charge in [0.1, 0.15) is 50.9 Å². The molecule has 0 aliphatic carbocycles. The number of carbonyl (C=O) groups excluding carboxylic acids is 6. The van der Waals surface area contributed by atoms with Crippen molar-refractivity contribution in [2.24, 2.45) is 4.99 Å². The molecule has 0 spiro atoms. The molecule has 5 N–H and O–H groups in total. The quantitative estimate of drug-likeness (QED) is 0.0397. The first-order valence-electron chi connectivity index (χ1n) is 14.0. The van der Waals surface area contributed by atoms with Crippen LogP contribution < -0.4 is 45.4 Å². The molecule has 0 fully saturated rings. The zero-order valence-corrected chi connectivity index (χ0v) is 30.5. The van der Waals surface area contributed by atoms with Gasteiger partial charge < -0.3 is 49.7 Å². The number of hydrogen-bond acceptors (Lipinski definition) is 11. The molecule has 0 aliphatic rings. The minimum absolute atomic E-state index is 0. The van der Waals surface area contributed by atoms with Crippen molar-refractivity contribution < 1.29 is 77.8 Å². The molecule has 2 amide bonds. The summed E-state index contributed by atoms with van der Waals surface area (Å²) < 4.78 is 16.8. The topological polar surface area (TPSA) is 233 Å². The molecule has 0 aliphatic heterocycles. The second-order valence-electron chi connectivity index (χ2n) is 8.99. The number of halogens is 3. The van der Waals surface area contributed by atoms with E-state index in [4.69, 9.17) is 9.47 Å². The SMILES string of the molecule is C=C(C)C(=O)OCCN=C=O.C=C(C)C(=O)OCCNC(=O)n1cc[nH+]c1.C=C(C)C(=O)OCCNC(=O)n1ccnc1.Cl.[Cl-].[Cl-].c1c[nH+]c[nH]1. The fourth-order valence-corrected chi connectivity index (χ4v) is 2.42. The van der Waals surface area contributed by atoms with Gasteiger partial charge in [0.15, 0.2) is 0 Å². The minimum atomic E-state index is -0.467. The van der Waals surface area contributed by atoms with E-state index in [1.54, 1.807) is 39.5 Å². The van der Waals surface area contributed by atoms with Crippen molar-refractivity contribution in [1.29, 1.82) is 0 Å². The van der Waals surface area contributed by atoms with Crippen molar-refractivity contribution in [3.05, 3.63) is 92.6 Å². The number of aromatic amines is 3. The summed E-state index contributed by atoms with van der Waals surface area (Å²) in [6.45, 7) is 15.9. The van der Waals surface area contributed by atoms with Gasteiger partial charge >= 0.3 is 30.0 Å². The third-order valence-electron chi connectivity index (χ3n) is 4.73. The molecule has 0 saturated heterocycles. The van der Waals surface area contributed by atoms with E-state index in [2.05, 4.69) is 60.0 Å². The Hall–Kier alpha value is -5.55. The first-order chi connectivity index (χ1) is 22.9. The summed E-state index contributed by atoms with van der Waals surface area (Å²) in [5.74, 6) is -1.38. The maximum atomic E-state index is 11.4. The number of imidazole rings is 3. The van der Waals surface area contributed by atoms with Crippen LogP contribution in [-0.2, 0) is 33.4 Å². The lowest BCUT2D eigenvalue weighted by Gasteiger charge is -2.06. The van der Waals surface area contributed by atoms with E-state index in [-0.39, 0.29) is 88.7 Å². The molecule has 0 saturated carbocycles. The number of carbonyl (C=O) groups is 5. The molecule has 282 valence electrons. The third kappa shape index (κ3) is 28.0. The highest BCUT2D eigenvalue weighted by Crippen LogP contribution is 1.92. The number of esters is 3. The highest BCUT2D eigenvalue weighted by molar-refractivity contribution is 5.87. The smallest absolute Gasteiger partial charge is 0.413 e. The van der Waals surface area contributed by atoms with Crippen LogP contribution in [0.1, 0.15) is 20.8 Å². The van der Waals surface area contributed by atoms with Crippen molar-refractivity contribution in [2.45, 2.75) is 20.8 Å². The van der Waals surface area contributed by atoms with E-state index in [1.807, 2.05) is 12.4 Å². The summed E-state index contributed by atoms with van der Waals surface area (Å²) in [4.78, 5) is 80.1. The van der Waals surface area contributed by atoms with Crippen molar-refractivity contribution in [1.82, 2.24) is 29.7 Å². The van der Waals surface area contributed by atoms with Crippen molar-refractivity contribution in [3.8, 4) is 0 Å². The molecule has 3 heterocycles. The Bertz CT molecular complexity index is 1400. The first kappa shape index (κ1) is 52.3. The fraction of sp³-hybridized carbons (Fsp3) is 0.300. The average molecular weight is 779 g/mol. The van der Waals surface area contributed by atoms with Gasteiger partial charge in [-0.05, 0) is 20.8 Å². The van der Waals surface area contributed by atoms with Crippen molar-refractivity contribution in [2.75, 3.05) is 39.5 Å². The zero-order valence-electron chi connectivity index (χ0n) is 28.2. The summed E-state index contributed by atoms with van der Waals surface area (Å²) in [5.41, 5.74) is 1.01. The predicted molar refractivity (Wildman–Crippen MR) is 176 cm³/mol. The van der Waals surface area contributed by atoms with Gasteiger partial charge in [-0.1, -0.05) is 19.7 Å². The van der Waals surface area contributed by atoms with Crippen LogP contribution in [0.4, 0.5) is 9.59 Å². The van der Waals surface area contributed by atoms with Crippen LogP contribution >= 0.6 is 12.4 Å². The van der Waals surface area contributed by atoms with Gasteiger partial charge in [-0.2, -0.15) is 4.57 Å². The standard InChI is InChI=1S/2C10H13N3O3.C7H9NO3.C3H4N2.3ClH/c2*1-8(2)9(14)16-6-4-12-10(15)13-5-3-11-7-13;1-6(2)7(10)11-4-3-8-5-9;1-2-5-3-4-1;;;/h2*3,5,7H,1,4,6H2,2H3,(H,12,15);1,3-4H2,2H3;1-3H,(H,4,5);3*1H. The Balaban J connectivity index is -0.000000299. The summed E-state index contributed by atoms with van der Waals surface area (Å²) in [7, 11) is 0. The molecular formula is C30H42Cl3N9O9. The lowest BCUT2D eigenvalue weighted by molar-refractivity contribution is -0.376. The van der Waals surface area contributed by atoms with E-state index in [9.17, 15) is 28.8 Å². The van der Waals surface area contributed by atoms with Gasteiger partial charge in [-0.15, -0.1) is 12.4 Å². The maximum absolute atomic E-state index is 11.4. The minimum Gasteiger partial charge on any atom is -1.00 e. The van der Waals surface area contributed by atoms with E-state index in [1.165, 1.54) is 40.3 Å². The summed E-state index contributed by atoms with van der Waals surface area (Å²) >= 11 is 0. The number of hydrogen-bond donors (Lipinski definition) is 3. The van der Waals surface area contributed by atoms with Gasteiger partial charge in [-0.3, -0.25) is 14.5 Å². The van der Waals surface area contributed by atoms with Gasteiger partial charge in [0, 0.05) is 29.1 Å². The molecule has 0 bridgehead atoms. The fourth-order valence-electron chi connectivity index (χ4n) is 2.42. The molecule has 0 atom stereocenters. The summed E-state index contributed by atoms with van der Waals surface area (Å²) in [6.07, 6.45) is 15.8. The Kier molecular flexibility index (Phi) is 33.8. The summed E-state index contributed by atoms with van der Waals surface area (Å²) in [5, 5.41) is 5.13. The van der Waals surface area contributed by atoms with E-state index >= 15 is 0 Å².